The molecule has 0 aliphatic carbocycles. The minimum Gasteiger partial charge on any atom is -0.355 e. The molecule has 0 saturated carbocycles. The number of guanidine groups is 1. The molecule has 1 unspecified atom stereocenters. The molecule has 2 aliphatic rings. The maximum atomic E-state index is 4.45. The molecule has 3 heterocycles. The monoisotopic (exact) mass is 377 g/mol. The van der Waals surface area contributed by atoms with Crippen LogP contribution >= 0.6 is 11.3 Å². The predicted molar refractivity (Wildman–Crippen MR) is 112 cm³/mol. The smallest absolute Gasteiger partial charge is 0.191 e. The molecule has 1 aromatic heterocycles. The van der Waals surface area contributed by atoms with Crippen LogP contribution in [0.5, 0.6) is 0 Å². The summed E-state index contributed by atoms with van der Waals surface area (Å²) >= 11 is 1.91. The minimum absolute atomic E-state index is 0.507. The number of thiophene rings is 1. The molecule has 0 bridgehead atoms. The molecule has 0 radical (unpaired) electrons. The highest BCUT2D eigenvalue weighted by Crippen LogP contribution is 2.24. The summed E-state index contributed by atoms with van der Waals surface area (Å²) in [6.45, 7) is 11.4. The van der Waals surface area contributed by atoms with Crippen molar-refractivity contribution in [1.29, 1.82) is 0 Å². The van der Waals surface area contributed by atoms with Gasteiger partial charge in [-0.2, -0.15) is 0 Å². The molecule has 146 valence electrons. The summed E-state index contributed by atoms with van der Waals surface area (Å²) in [5.41, 5.74) is 1.52. The Hall–Kier alpha value is -1.11. The zero-order valence-electron chi connectivity index (χ0n) is 16.6. The highest BCUT2D eigenvalue weighted by Gasteiger charge is 2.22. The molecular formula is C20H35N5S. The van der Waals surface area contributed by atoms with Crippen molar-refractivity contribution in [2.45, 2.75) is 58.2 Å². The van der Waals surface area contributed by atoms with Gasteiger partial charge in [-0.25, -0.2) is 0 Å². The van der Waals surface area contributed by atoms with Gasteiger partial charge in [-0.3, -0.25) is 9.89 Å². The maximum Gasteiger partial charge on any atom is 0.191 e. The second-order valence-electron chi connectivity index (χ2n) is 7.65. The number of piperidine rings is 1. The fourth-order valence-electron chi connectivity index (χ4n) is 4.03. The molecule has 1 atom stereocenters. The van der Waals surface area contributed by atoms with Crippen molar-refractivity contribution in [3.63, 3.8) is 0 Å². The van der Waals surface area contributed by atoms with Crippen molar-refractivity contribution in [2.75, 3.05) is 39.8 Å². The van der Waals surface area contributed by atoms with Crippen LogP contribution in [0.2, 0.25) is 0 Å². The molecule has 5 nitrogen and oxygen atoms in total. The lowest BCUT2D eigenvalue weighted by Gasteiger charge is -2.34. The number of hydrogen-bond donors (Lipinski definition) is 2. The normalized spacial score (nSPS) is 21.4. The van der Waals surface area contributed by atoms with Crippen LogP contribution in [0.1, 0.15) is 43.6 Å². The van der Waals surface area contributed by atoms with Crippen LogP contribution < -0.4 is 10.6 Å². The van der Waals surface area contributed by atoms with E-state index in [1.807, 2.05) is 18.4 Å². The summed E-state index contributed by atoms with van der Waals surface area (Å²) in [5.74, 6) is 0.957. The molecular weight excluding hydrogens is 342 g/mol. The summed E-state index contributed by atoms with van der Waals surface area (Å²) in [6.07, 6.45) is 4.87. The first-order chi connectivity index (χ1) is 12.7. The number of likely N-dealkylation sites (tertiary alicyclic amines) is 1. The zero-order valence-corrected chi connectivity index (χ0v) is 17.4. The second-order valence-corrected chi connectivity index (χ2v) is 8.65. The van der Waals surface area contributed by atoms with Gasteiger partial charge in [-0.1, -0.05) is 6.92 Å². The SMILES string of the molecule is CCCN1CCC(NC(=NC)NCC(C)N2CCc3sccc3C2)CC1. The van der Waals surface area contributed by atoms with Gasteiger partial charge < -0.3 is 15.5 Å². The van der Waals surface area contributed by atoms with E-state index in [2.05, 4.69) is 50.7 Å². The van der Waals surface area contributed by atoms with E-state index in [0.717, 1.165) is 25.6 Å². The first kappa shape index (κ1) is 19.6. The van der Waals surface area contributed by atoms with Crippen LogP contribution in [0.4, 0.5) is 0 Å². The quantitative estimate of drug-likeness (QED) is 0.591. The van der Waals surface area contributed by atoms with E-state index in [4.69, 9.17) is 0 Å². The fourth-order valence-corrected chi connectivity index (χ4v) is 4.91. The van der Waals surface area contributed by atoms with Crippen molar-refractivity contribution in [1.82, 2.24) is 20.4 Å². The summed E-state index contributed by atoms with van der Waals surface area (Å²) < 4.78 is 0. The van der Waals surface area contributed by atoms with Gasteiger partial charge in [0.15, 0.2) is 5.96 Å². The van der Waals surface area contributed by atoms with Gasteiger partial charge in [0, 0.05) is 56.7 Å². The Labute approximate surface area is 162 Å². The standard InChI is InChI=1S/C20H35N5S/c1-4-9-24-10-5-18(6-11-24)23-20(21-3)22-14-16(2)25-12-7-19-17(15-25)8-13-26-19/h8,13,16,18H,4-7,9-12,14-15H2,1-3H3,(H2,21,22,23). The molecule has 0 amide bonds. The molecule has 3 rings (SSSR count). The van der Waals surface area contributed by atoms with Gasteiger partial charge in [0.25, 0.3) is 0 Å². The first-order valence-electron chi connectivity index (χ1n) is 10.2. The number of nitrogens with one attached hydrogen (secondary N) is 2. The number of hydrogen-bond acceptors (Lipinski definition) is 4. The summed E-state index contributed by atoms with van der Waals surface area (Å²) in [6, 6.07) is 3.35. The van der Waals surface area contributed by atoms with Gasteiger partial charge in [0.1, 0.15) is 0 Å². The average molecular weight is 378 g/mol. The van der Waals surface area contributed by atoms with Gasteiger partial charge in [0.2, 0.25) is 0 Å². The Morgan fingerprint density at radius 1 is 1.35 bits per heavy atom. The minimum atomic E-state index is 0.507. The van der Waals surface area contributed by atoms with Crippen molar-refractivity contribution in [3.8, 4) is 0 Å². The molecule has 1 aromatic rings. The highest BCUT2D eigenvalue weighted by atomic mass is 32.1. The summed E-state index contributed by atoms with van der Waals surface area (Å²) in [7, 11) is 1.88. The molecule has 1 saturated heterocycles. The Balaban J connectivity index is 1.40. The lowest BCUT2D eigenvalue weighted by molar-refractivity contribution is 0.191. The van der Waals surface area contributed by atoms with E-state index in [-0.39, 0.29) is 0 Å². The third kappa shape index (κ3) is 5.21. The van der Waals surface area contributed by atoms with E-state index in [9.17, 15) is 0 Å². The van der Waals surface area contributed by atoms with Gasteiger partial charge in [0.05, 0.1) is 0 Å². The molecule has 0 aromatic carbocycles. The number of rotatable bonds is 6. The van der Waals surface area contributed by atoms with Crippen molar-refractivity contribution in [2.24, 2.45) is 4.99 Å². The first-order valence-corrected chi connectivity index (χ1v) is 11.1. The van der Waals surface area contributed by atoms with E-state index >= 15 is 0 Å². The molecule has 2 N–H and O–H groups in total. The zero-order chi connectivity index (χ0) is 18.4. The van der Waals surface area contributed by atoms with Crippen molar-refractivity contribution >= 4 is 17.3 Å². The third-order valence-electron chi connectivity index (χ3n) is 5.72. The second kappa shape index (κ2) is 9.72. The number of aliphatic imine (C=N–C) groups is 1. The maximum absolute atomic E-state index is 4.45. The summed E-state index contributed by atoms with van der Waals surface area (Å²) in [5, 5.41) is 9.42. The molecule has 1 fully saturated rings. The Bertz CT molecular complexity index is 577. The molecule has 0 spiro atoms. The molecule has 2 aliphatic heterocycles. The summed E-state index contributed by atoms with van der Waals surface area (Å²) in [4.78, 5) is 11.2. The number of nitrogens with zero attached hydrogens (tertiary/aromatic N) is 3. The lowest BCUT2D eigenvalue weighted by Crippen LogP contribution is -2.51. The molecule has 6 heteroatoms. The van der Waals surface area contributed by atoms with Crippen LogP contribution in [-0.2, 0) is 13.0 Å². The van der Waals surface area contributed by atoms with Crippen LogP contribution in [0.25, 0.3) is 0 Å². The van der Waals surface area contributed by atoms with Crippen molar-refractivity contribution in [3.05, 3.63) is 21.9 Å². The van der Waals surface area contributed by atoms with E-state index in [1.165, 1.54) is 50.9 Å². The van der Waals surface area contributed by atoms with E-state index in [0.29, 0.717) is 12.1 Å². The van der Waals surface area contributed by atoms with Crippen molar-refractivity contribution < 1.29 is 0 Å². The van der Waals surface area contributed by atoms with Gasteiger partial charge in [-0.05, 0) is 56.2 Å². The van der Waals surface area contributed by atoms with Gasteiger partial charge >= 0.3 is 0 Å². The Morgan fingerprint density at radius 2 is 2.15 bits per heavy atom. The predicted octanol–water partition coefficient (Wildman–Crippen LogP) is 2.53. The lowest BCUT2D eigenvalue weighted by atomic mass is 10.1. The largest absolute Gasteiger partial charge is 0.355 e. The van der Waals surface area contributed by atoms with Crippen LogP contribution in [0.3, 0.4) is 0 Å². The topological polar surface area (TPSA) is 42.9 Å². The Kier molecular flexibility index (Phi) is 7.34. The number of fused-ring (bicyclic) bond motifs is 1. The van der Waals surface area contributed by atoms with E-state index < -0.39 is 0 Å². The third-order valence-corrected chi connectivity index (χ3v) is 6.74. The van der Waals surface area contributed by atoms with Crippen LogP contribution in [-0.4, -0.2) is 67.6 Å². The van der Waals surface area contributed by atoms with Crippen LogP contribution in [0.15, 0.2) is 16.4 Å². The molecule has 26 heavy (non-hydrogen) atoms. The fraction of sp³-hybridized carbons (Fsp3) is 0.750. The highest BCUT2D eigenvalue weighted by molar-refractivity contribution is 7.10. The van der Waals surface area contributed by atoms with Crippen LogP contribution in [0, 0.1) is 0 Å². The Morgan fingerprint density at radius 3 is 2.88 bits per heavy atom. The van der Waals surface area contributed by atoms with E-state index in [1.54, 1.807) is 4.88 Å². The van der Waals surface area contributed by atoms with Gasteiger partial charge in [-0.15, -0.1) is 11.3 Å². The average Bonchev–Trinajstić information content (AvgIpc) is 3.14.